The number of piperidine rings is 2. The van der Waals surface area contributed by atoms with Crippen molar-refractivity contribution in [3.05, 3.63) is 32.3 Å². The Hall–Kier alpha value is -0.850. The molecule has 2 aromatic rings. The molecule has 4 nitrogen and oxygen atoms in total. The summed E-state index contributed by atoms with van der Waals surface area (Å²) in [6, 6.07) is 4.39. The topological polar surface area (TPSA) is 48.1 Å². The van der Waals surface area contributed by atoms with Crippen LogP contribution in [0.25, 0.3) is 10.9 Å². The first-order chi connectivity index (χ1) is 12.8. The maximum absolute atomic E-state index is 13.2. The molecule has 2 bridgehead atoms. The van der Waals surface area contributed by atoms with Crippen molar-refractivity contribution >= 4 is 48.7 Å². The van der Waals surface area contributed by atoms with Crippen molar-refractivity contribution in [3.8, 4) is 0 Å². The Bertz CT molecular complexity index is 1030. The zero-order chi connectivity index (χ0) is 18.8. The first kappa shape index (κ1) is 17.0. The van der Waals surface area contributed by atoms with Gasteiger partial charge < -0.3 is 10.3 Å². The van der Waals surface area contributed by atoms with Crippen LogP contribution in [-0.2, 0) is 16.6 Å². The average molecular weight is 493 g/mol. The molecule has 0 radical (unpaired) electrons. The van der Waals surface area contributed by atoms with Crippen LogP contribution >= 0.6 is 31.9 Å². The molecule has 0 unspecified atom stereocenters. The van der Waals surface area contributed by atoms with Gasteiger partial charge in [0.2, 0.25) is 5.91 Å². The minimum Gasteiger partial charge on any atom is -0.358 e. The van der Waals surface area contributed by atoms with Gasteiger partial charge in [0.15, 0.2) is 0 Å². The van der Waals surface area contributed by atoms with Crippen molar-refractivity contribution in [1.29, 1.82) is 0 Å². The van der Waals surface area contributed by atoms with Crippen LogP contribution in [0.15, 0.2) is 21.1 Å². The molecule has 3 atom stereocenters. The summed E-state index contributed by atoms with van der Waals surface area (Å²) in [5.41, 5.74) is 3.53. The summed E-state index contributed by atoms with van der Waals surface area (Å²) in [5, 5.41) is 4.83. The van der Waals surface area contributed by atoms with Gasteiger partial charge in [0, 0.05) is 37.5 Å². The number of nitrogens with one attached hydrogen (secondary N) is 2. The normalized spacial score (nSPS) is 36.4. The molecule has 5 aliphatic rings. The zero-order valence-electron chi connectivity index (χ0n) is 15.6. The van der Waals surface area contributed by atoms with Gasteiger partial charge in [0.05, 0.1) is 5.54 Å². The quantitative estimate of drug-likeness (QED) is 0.577. The Morgan fingerprint density at radius 3 is 2.81 bits per heavy atom. The highest BCUT2D eigenvalue weighted by Gasteiger charge is 2.68. The molecule has 1 aromatic carbocycles. The summed E-state index contributed by atoms with van der Waals surface area (Å²) < 4.78 is 2.14. The van der Waals surface area contributed by atoms with Gasteiger partial charge in [-0.3, -0.25) is 9.69 Å². The van der Waals surface area contributed by atoms with Gasteiger partial charge in [0.1, 0.15) is 5.54 Å². The van der Waals surface area contributed by atoms with Crippen molar-refractivity contribution in [2.45, 2.75) is 56.0 Å². The van der Waals surface area contributed by atoms with E-state index in [0.717, 1.165) is 47.7 Å². The first-order valence-corrected chi connectivity index (χ1v) is 11.4. The van der Waals surface area contributed by atoms with E-state index in [1.54, 1.807) is 0 Å². The predicted molar refractivity (Wildman–Crippen MR) is 113 cm³/mol. The number of aromatic nitrogens is 1. The molecule has 4 aliphatic heterocycles. The number of aromatic amines is 1. The fraction of sp³-hybridized carbons (Fsp3) is 0.571. The monoisotopic (exact) mass is 491 g/mol. The lowest BCUT2D eigenvalue weighted by molar-refractivity contribution is -0.160. The van der Waals surface area contributed by atoms with Crippen molar-refractivity contribution in [3.63, 3.8) is 0 Å². The summed E-state index contributed by atoms with van der Waals surface area (Å²) in [4.78, 5) is 19.4. The number of hydrogen-bond donors (Lipinski definition) is 2. The summed E-state index contributed by atoms with van der Waals surface area (Å²) in [5.74, 6) is 0.745. The third-order valence-corrected chi connectivity index (χ3v) is 9.89. The predicted octanol–water partition coefficient (Wildman–Crippen LogP) is 4.25. The Morgan fingerprint density at radius 1 is 1.22 bits per heavy atom. The van der Waals surface area contributed by atoms with E-state index < -0.39 is 0 Å². The lowest BCUT2D eigenvalue weighted by atomic mass is 9.51. The van der Waals surface area contributed by atoms with Crippen LogP contribution in [0.5, 0.6) is 0 Å². The van der Waals surface area contributed by atoms with Gasteiger partial charge in [-0.15, -0.1) is 0 Å². The highest BCUT2D eigenvalue weighted by Crippen LogP contribution is 2.58. The summed E-state index contributed by atoms with van der Waals surface area (Å²) in [6.07, 6.45) is 4.07. The van der Waals surface area contributed by atoms with Crippen molar-refractivity contribution in [1.82, 2.24) is 15.2 Å². The molecule has 4 fully saturated rings. The second-order valence-corrected chi connectivity index (χ2v) is 11.3. The minimum atomic E-state index is -0.251. The number of hydrogen-bond acceptors (Lipinski definition) is 2. The standard InChI is InChI=1S/C21H23Br2N3O/c1-19(2)16-9-21-4-3-5-26(21)10-20(16,25-18(21)27)8-12-11-6-13(22)14(23)7-15(11)24-17(12)19/h6-7,16,24H,3-5,8-10H2,1-2H3,(H,25,27)/t16-,20+,21-/m0/s1. The molecule has 2 spiro atoms. The van der Waals surface area contributed by atoms with E-state index in [2.05, 4.69) is 73.0 Å². The Labute approximate surface area is 175 Å². The zero-order valence-corrected chi connectivity index (χ0v) is 18.8. The van der Waals surface area contributed by atoms with Crippen LogP contribution in [0.1, 0.15) is 44.4 Å². The molecule has 1 aromatic heterocycles. The summed E-state index contributed by atoms with van der Waals surface area (Å²) in [7, 11) is 0. The fourth-order valence-electron chi connectivity index (χ4n) is 6.84. The number of carbonyl (C=O) groups excluding carboxylic acids is 1. The van der Waals surface area contributed by atoms with Crippen LogP contribution in [0.3, 0.4) is 0 Å². The highest BCUT2D eigenvalue weighted by atomic mass is 79.9. The van der Waals surface area contributed by atoms with Crippen LogP contribution in [0.2, 0.25) is 0 Å². The molecule has 7 rings (SSSR count). The minimum absolute atomic E-state index is 0.000928. The van der Waals surface area contributed by atoms with E-state index in [4.69, 9.17) is 0 Å². The van der Waals surface area contributed by atoms with E-state index in [9.17, 15) is 4.79 Å². The smallest absolute Gasteiger partial charge is 0.241 e. The second kappa shape index (κ2) is 5.00. The number of fused-ring (bicyclic) bond motifs is 4. The number of H-pyrrole nitrogens is 1. The number of piperazine rings is 1. The maximum atomic E-state index is 13.2. The molecule has 0 saturated carbocycles. The molecular formula is C21H23Br2N3O. The first-order valence-electron chi connectivity index (χ1n) is 9.85. The molecule has 1 amide bonds. The van der Waals surface area contributed by atoms with Gasteiger partial charge in [-0.25, -0.2) is 0 Å². The maximum Gasteiger partial charge on any atom is 0.241 e. The van der Waals surface area contributed by atoms with Crippen LogP contribution < -0.4 is 5.32 Å². The van der Waals surface area contributed by atoms with Gasteiger partial charge in [-0.2, -0.15) is 0 Å². The molecule has 4 saturated heterocycles. The van der Waals surface area contributed by atoms with E-state index >= 15 is 0 Å². The SMILES string of the molecule is CC1(C)c2[nH]c3cc(Br)c(Br)cc3c2C[C@@]23CN4CCC[C@]4(C[C@@H]12)C(=O)N3. The summed E-state index contributed by atoms with van der Waals surface area (Å²) in [6.45, 7) is 6.82. The van der Waals surface area contributed by atoms with Gasteiger partial charge in [-0.05, 0) is 87.7 Å². The molecule has 142 valence electrons. The van der Waals surface area contributed by atoms with E-state index in [1.165, 1.54) is 22.2 Å². The number of benzene rings is 1. The Kier molecular flexibility index (Phi) is 3.16. The molecule has 2 N–H and O–H groups in total. The number of halogens is 2. The Morgan fingerprint density at radius 2 is 2.00 bits per heavy atom. The van der Waals surface area contributed by atoms with Crippen molar-refractivity contribution in [2.75, 3.05) is 13.1 Å². The third kappa shape index (κ3) is 1.90. The van der Waals surface area contributed by atoms with Gasteiger partial charge >= 0.3 is 0 Å². The van der Waals surface area contributed by atoms with Gasteiger partial charge in [-0.1, -0.05) is 13.8 Å². The van der Waals surface area contributed by atoms with E-state index in [1.807, 2.05) is 0 Å². The molecule has 1 aliphatic carbocycles. The van der Waals surface area contributed by atoms with Crippen molar-refractivity contribution < 1.29 is 4.79 Å². The largest absolute Gasteiger partial charge is 0.358 e. The van der Waals surface area contributed by atoms with Crippen molar-refractivity contribution in [2.24, 2.45) is 5.92 Å². The molecule has 6 heteroatoms. The highest BCUT2D eigenvalue weighted by molar-refractivity contribution is 9.13. The Balaban J connectivity index is 1.59. The number of nitrogens with zero attached hydrogens (tertiary/aromatic N) is 1. The number of carbonyl (C=O) groups is 1. The van der Waals surface area contributed by atoms with Gasteiger partial charge in [0.25, 0.3) is 0 Å². The molecule has 27 heavy (non-hydrogen) atoms. The van der Waals surface area contributed by atoms with Crippen LogP contribution in [0, 0.1) is 5.92 Å². The van der Waals surface area contributed by atoms with Crippen LogP contribution in [0.4, 0.5) is 0 Å². The second-order valence-electron chi connectivity index (χ2n) is 9.61. The lowest BCUT2D eigenvalue weighted by Crippen LogP contribution is -2.82. The number of amides is 1. The lowest BCUT2D eigenvalue weighted by Gasteiger charge is -2.65. The van der Waals surface area contributed by atoms with E-state index in [-0.39, 0.29) is 22.4 Å². The average Bonchev–Trinajstić information content (AvgIpc) is 3.17. The third-order valence-electron chi connectivity index (χ3n) is 8.05. The molecule has 5 heterocycles. The van der Waals surface area contributed by atoms with E-state index in [0.29, 0.717) is 5.92 Å². The fourth-order valence-corrected chi connectivity index (χ4v) is 7.52. The molecular weight excluding hydrogens is 470 g/mol. The van der Waals surface area contributed by atoms with Crippen LogP contribution in [-0.4, -0.2) is 40.0 Å². The summed E-state index contributed by atoms with van der Waals surface area (Å²) >= 11 is 7.31. The number of rotatable bonds is 0.